The number of likely N-dealkylation sites (N-methyl/N-ethyl adjacent to an activating group) is 1. The molecule has 3 aliphatic rings. The van der Waals surface area contributed by atoms with Crippen LogP contribution >= 0.6 is 0 Å². The molecule has 0 saturated carbocycles. The molecule has 1 atom stereocenters. The lowest BCUT2D eigenvalue weighted by Gasteiger charge is -2.33. The van der Waals surface area contributed by atoms with Crippen molar-refractivity contribution < 1.29 is 4.84 Å². The van der Waals surface area contributed by atoms with Gasteiger partial charge in [0.2, 0.25) is 0 Å². The van der Waals surface area contributed by atoms with E-state index in [1.807, 2.05) is 11.1 Å². The van der Waals surface area contributed by atoms with E-state index in [9.17, 15) is 0 Å². The Hall–Kier alpha value is -2.00. The summed E-state index contributed by atoms with van der Waals surface area (Å²) in [6, 6.07) is 8.44. The van der Waals surface area contributed by atoms with Crippen LogP contribution in [0.1, 0.15) is 24.8 Å². The van der Waals surface area contributed by atoms with Gasteiger partial charge in [0.05, 0.1) is 5.70 Å². The first-order chi connectivity index (χ1) is 10.2. The molecular weight excluding hydrogens is 260 g/mol. The van der Waals surface area contributed by atoms with Gasteiger partial charge in [-0.05, 0) is 43.7 Å². The molecule has 3 heteroatoms. The molecule has 1 aromatic rings. The fourth-order valence-corrected chi connectivity index (χ4v) is 3.45. The average Bonchev–Trinajstić information content (AvgIpc) is 2.61. The molecule has 1 saturated heterocycles. The minimum Gasteiger partial charge on any atom is -0.375 e. The van der Waals surface area contributed by atoms with Crippen LogP contribution in [0.25, 0.3) is 0 Å². The van der Waals surface area contributed by atoms with Gasteiger partial charge in [0.15, 0.2) is 5.75 Å². The second-order valence-electron chi connectivity index (χ2n) is 6.14. The van der Waals surface area contributed by atoms with Gasteiger partial charge in [-0.1, -0.05) is 24.3 Å². The SMILES string of the molecule is CC1=CN2Oc3ccccc3[C@@H]3CN(C)CCC3=C2C=C1. The van der Waals surface area contributed by atoms with Crippen LogP contribution in [0, 0.1) is 0 Å². The smallest absolute Gasteiger partial charge is 0.159 e. The molecule has 21 heavy (non-hydrogen) atoms. The van der Waals surface area contributed by atoms with E-state index >= 15 is 0 Å². The summed E-state index contributed by atoms with van der Waals surface area (Å²) in [6.45, 7) is 4.27. The van der Waals surface area contributed by atoms with Crippen molar-refractivity contribution in [1.82, 2.24) is 9.96 Å². The van der Waals surface area contributed by atoms with Crippen LogP contribution < -0.4 is 4.84 Å². The van der Waals surface area contributed by atoms with Crippen molar-refractivity contribution in [2.75, 3.05) is 20.1 Å². The van der Waals surface area contributed by atoms with Crippen LogP contribution in [0.15, 0.2) is 59.5 Å². The minimum absolute atomic E-state index is 0.427. The Kier molecular flexibility index (Phi) is 2.89. The number of piperidine rings is 1. The van der Waals surface area contributed by atoms with Crippen molar-refractivity contribution in [2.24, 2.45) is 0 Å². The van der Waals surface area contributed by atoms with Gasteiger partial charge in [-0.2, -0.15) is 5.06 Å². The van der Waals surface area contributed by atoms with E-state index in [1.54, 1.807) is 0 Å². The Labute approximate surface area is 125 Å². The Morgan fingerprint density at radius 3 is 2.95 bits per heavy atom. The first kappa shape index (κ1) is 12.7. The number of likely N-dealkylation sites (tertiary alicyclic amines) is 1. The largest absolute Gasteiger partial charge is 0.375 e. The van der Waals surface area contributed by atoms with E-state index < -0.39 is 0 Å². The molecule has 0 N–H and O–H groups in total. The molecule has 0 amide bonds. The average molecular weight is 280 g/mol. The standard InChI is InChI=1S/C18H20N2O/c1-13-7-8-17-14-9-10-19(2)12-16(14)15-5-3-4-6-18(15)21-20(17)11-13/h3-8,11,16H,9-10,12H2,1-2H3/t16-/m1/s1. The summed E-state index contributed by atoms with van der Waals surface area (Å²) in [5, 5.41) is 1.95. The zero-order valence-corrected chi connectivity index (χ0v) is 12.5. The predicted octanol–water partition coefficient (Wildman–Crippen LogP) is 3.44. The minimum atomic E-state index is 0.427. The van der Waals surface area contributed by atoms with Gasteiger partial charge in [-0.15, -0.1) is 0 Å². The lowest BCUT2D eigenvalue weighted by atomic mass is 9.84. The second-order valence-corrected chi connectivity index (χ2v) is 6.14. The molecule has 3 heterocycles. The normalized spacial score (nSPS) is 24.6. The first-order valence-corrected chi connectivity index (χ1v) is 7.56. The van der Waals surface area contributed by atoms with Crippen LogP contribution in [0.4, 0.5) is 0 Å². The van der Waals surface area contributed by atoms with Crippen LogP contribution in [-0.2, 0) is 0 Å². The van der Waals surface area contributed by atoms with Gasteiger partial charge in [0, 0.05) is 30.8 Å². The maximum atomic E-state index is 6.19. The molecule has 0 unspecified atom stereocenters. The molecule has 0 aliphatic carbocycles. The fraction of sp³-hybridized carbons (Fsp3) is 0.333. The molecule has 4 rings (SSSR count). The van der Waals surface area contributed by atoms with E-state index in [0.717, 1.165) is 25.3 Å². The molecular formula is C18H20N2O. The quantitative estimate of drug-likeness (QED) is 0.724. The van der Waals surface area contributed by atoms with E-state index in [-0.39, 0.29) is 0 Å². The number of benzene rings is 1. The van der Waals surface area contributed by atoms with Gasteiger partial charge in [0.1, 0.15) is 0 Å². The lowest BCUT2D eigenvalue weighted by molar-refractivity contribution is 0.0330. The summed E-state index contributed by atoms with van der Waals surface area (Å²) in [6.07, 6.45) is 7.56. The summed E-state index contributed by atoms with van der Waals surface area (Å²) < 4.78 is 0. The number of rotatable bonds is 0. The highest BCUT2D eigenvalue weighted by Crippen LogP contribution is 2.42. The Morgan fingerprint density at radius 2 is 2.05 bits per heavy atom. The molecule has 0 spiro atoms. The van der Waals surface area contributed by atoms with Crippen LogP contribution in [0.2, 0.25) is 0 Å². The number of para-hydroxylation sites is 1. The van der Waals surface area contributed by atoms with Gasteiger partial charge >= 0.3 is 0 Å². The third-order valence-electron chi connectivity index (χ3n) is 4.56. The summed E-state index contributed by atoms with van der Waals surface area (Å²) in [7, 11) is 2.20. The number of nitrogens with zero attached hydrogens (tertiary/aromatic N) is 2. The van der Waals surface area contributed by atoms with Crippen molar-refractivity contribution in [3.8, 4) is 5.75 Å². The number of hydrogen-bond acceptors (Lipinski definition) is 3. The summed E-state index contributed by atoms with van der Waals surface area (Å²) >= 11 is 0. The highest BCUT2D eigenvalue weighted by molar-refractivity contribution is 5.48. The number of allylic oxidation sites excluding steroid dienone is 3. The maximum Gasteiger partial charge on any atom is 0.159 e. The van der Waals surface area contributed by atoms with Crippen molar-refractivity contribution in [3.63, 3.8) is 0 Å². The molecule has 1 fully saturated rings. The van der Waals surface area contributed by atoms with Gasteiger partial charge < -0.3 is 9.74 Å². The van der Waals surface area contributed by atoms with Gasteiger partial charge in [-0.3, -0.25) is 0 Å². The third-order valence-corrected chi connectivity index (χ3v) is 4.56. The molecule has 0 radical (unpaired) electrons. The Morgan fingerprint density at radius 1 is 1.19 bits per heavy atom. The van der Waals surface area contributed by atoms with Crippen LogP contribution in [0.5, 0.6) is 5.75 Å². The van der Waals surface area contributed by atoms with Crippen molar-refractivity contribution in [2.45, 2.75) is 19.3 Å². The van der Waals surface area contributed by atoms with Gasteiger partial charge in [0.25, 0.3) is 0 Å². The Bertz CT molecular complexity index is 672. The predicted molar refractivity (Wildman–Crippen MR) is 83.7 cm³/mol. The highest BCUT2D eigenvalue weighted by Gasteiger charge is 2.33. The third kappa shape index (κ3) is 2.09. The second kappa shape index (κ2) is 4.78. The number of fused-ring (bicyclic) bond motifs is 4. The van der Waals surface area contributed by atoms with Crippen molar-refractivity contribution in [1.29, 1.82) is 0 Å². The zero-order chi connectivity index (χ0) is 14.4. The lowest BCUT2D eigenvalue weighted by Crippen LogP contribution is -2.33. The molecule has 108 valence electrons. The van der Waals surface area contributed by atoms with Crippen LogP contribution in [0.3, 0.4) is 0 Å². The summed E-state index contributed by atoms with van der Waals surface area (Å²) in [5.41, 5.74) is 5.23. The summed E-state index contributed by atoms with van der Waals surface area (Å²) in [5.74, 6) is 1.40. The number of hydrogen-bond donors (Lipinski definition) is 0. The van der Waals surface area contributed by atoms with Gasteiger partial charge in [-0.25, -0.2) is 0 Å². The van der Waals surface area contributed by atoms with Crippen LogP contribution in [-0.4, -0.2) is 30.1 Å². The maximum absolute atomic E-state index is 6.19. The molecule has 3 aliphatic heterocycles. The zero-order valence-electron chi connectivity index (χ0n) is 12.5. The molecule has 1 aromatic carbocycles. The van der Waals surface area contributed by atoms with E-state index in [0.29, 0.717) is 5.92 Å². The molecule has 3 nitrogen and oxygen atoms in total. The first-order valence-electron chi connectivity index (χ1n) is 7.56. The topological polar surface area (TPSA) is 15.7 Å². The molecule has 0 bridgehead atoms. The fourth-order valence-electron chi connectivity index (χ4n) is 3.45. The van der Waals surface area contributed by atoms with E-state index in [4.69, 9.17) is 4.84 Å². The number of hydroxylamine groups is 2. The molecule has 0 aromatic heterocycles. The van der Waals surface area contributed by atoms with E-state index in [1.165, 1.54) is 22.4 Å². The van der Waals surface area contributed by atoms with Crippen molar-refractivity contribution >= 4 is 0 Å². The monoisotopic (exact) mass is 280 g/mol. The van der Waals surface area contributed by atoms with Crippen molar-refractivity contribution in [3.05, 3.63) is 65.0 Å². The Balaban J connectivity index is 1.89. The van der Waals surface area contributed by atoms with E-state index in [2.05, 4.69) is 55.4 Å². The summed E-state index contributed by atoms with van der Waals surface area (Å²) in [4.78, 5) is 8.60. The highest BCUT2D eigenvalue weighted by atomic mass is 16.7.